The standard InChI is InChI=1S/C10H15N3O5S2/c1-6-9(8(10(14)15)12-11-6)20(17,18)13-7-2-4-19(16)5-3-7/h7,13H,2-5H2,1H3,(H,11,12)(H,14,15). The maximum absolute atomic E-state index is 12.3. The van der Waals surface area contributed by atoms with E-state index in [1.165, 1.54) is 6.92 Å². The van der Waals surface area contributed by atoms with Crippen molar-refractivity contribution in [3.8, 4) is 0 Å². The van der Waals surface area contributed by atoms with Gasteiger partial charge in [-0.05, 0) is 19.8 Å². The van der Waals surface area contributed by atoms with Crippen LogP contribution in [0.15, 0.2) is 4.90 Å². The number of nitrogens with one attached hydrogen (secondary N) is 2. The maximum atomic E-state index is 12.3. The van der Waals surface area contributed by atoms with Crippen molar-refractivity contribution >= 4 is 26.8 Å². The summed E-state index contributed by atoms with van der Waals surface area (Å²) in [5.41, 5.74) is -0.344. The molecule has 0 saturated carbocycles. The zero-order valence-corrected chi connectivity index (χ0v) is 12.4. The van der Waals surface area contributed by atoms with E-state index in [4.69, 9.17) is 5.11 Å². The van der Waals surface area contributed by atoms with Crippen LogP contribution in [-0.4, -0.2) is 51.4 Å². The molecule has 2 heterocycles. The molecule has 0 unspecified atom stereocenters. The Balaban J connectivity index is 2.25. The molecule has 1 aromatic rings. The number of hydrogen-bond acceptors (Lipinski definition) is 5. The second kappa shape index (κ2) is 5.62. The Hall–Kier alpha value is -1.26. The highest BCUT2D eigenvalue weighted by Crippen LogP contribution is 2.20. The minimum Gasteiger partial charge on any atom is -0.476 e. The molecule has 20 heavy (non-hydrogen) atoms. The second-order valence-electron chi connectivity index (χ2n) is 4.58. The molecule has 0 bridgehead atoms. The van der Waals surface area contributed by atoms with Gasteiger partial charge in [0.2, 0.25) is 10.0 Å². The van der Waals surface area contributed by atoms with Gasteiger partial charge in [0, 0.05) is 28.3 Å². The first-order chi connectivity index (χ1) is 9.31. The van der Waals surface area contributed by atoms with Crippen LogP contribution in [0, 0.1) is 6.92 Å². The van der Waals surface area contributed by atoms with E-state index >= 15 is 0 Å². The van der Waals surface area contributed by atoms with Crippen molar-refractivity contribution in [2.24, 2.45) is 0 Å². The number of carbonyl (C=O) groups is 1. The Bertz CT molecular complexity index is 642. The number of carboxylic acids is 1. The molecule has 0 spiro atoms. The number of hydrogen-bond donors (Lipinski definition) is 3. The summed E-state index contributed by atoms with van der Waals surface area (Å²) < 4.78 is 38.3. The van der Waals surface area contributed by atoms with Crippen molar-refractivity contribution in [1.82, 2.24) is 14.9 Å². The summed E-state index contributed by atoms with van der Waals surface area (Å²) in [5.74, 6) is -0.508. The molecule has 2 rings (SSSR count). The lowest BCUT2D eigenvalue weighted by Crippen LogP contribution is -2.40. The summed E-state index contributed by atoms with van der Waals surface area (Å²) >= 11 is 0. The molecule has 3 N–H and O–H groups in total. The molecule has 1 aliphatic rings. The Morgan fingerprint density at radius 1 is 1.45 bits per heavy atom. The van der Waals surface area contributed by atoms with E-state index in [1.807, 2.05) is 0 Å². The number of nitrogens with zero attached hydrogens (tertiary/aromatic N) is 1. The van der Waals surface area contributed by atoms with E-state index < -0.39 is 32.5 Å². The van der Waals surface area contributed by atoms with Crippen molar-refractivity contribution in [3.63, 3.8) is 0 Å². The van der Waals surface area contributed by atoms with Gasteiger partial charge in [-0.25, -0.2) is 17.9 Å². The highest BCUT2D eigenvalue weighted by molar-refractivity contribution is 7.89. The number of rotatable bonds is 4. The molecule has 0 aromatic carbocycles. The van der Waals surface area contributed by atoms with Gasteiger partial charge in [0.05, 0.1) is 5.69 Å². The zero-order chi connectivity index (χ0) is 14.9. The van der Waals surface area contributed by atoms with Gasteiger partial charge < -0.3 is 5.11 Å². The molecule has 0 aliphatic carbocycles. The third-order valence-corrected chi connectivity index (χ3v) is 6.13. The van der Waals surface area contributed by atoms with E-state index in [2.05, 4.69) is 14.9 Å². The topological polar surface area (TPSA) is 129 Å². The van der Waals surface area contributed by atoms with Gasteiger partial charge in [0.1, 0.15) is 4.90 Å². The summed E-state index contributed by atoms with van der Waals surface area (Å²) in [6, 6.07) is -0.325. The van der Waals surface area contributed by atoms with Gasteiger partial charge in [0.15, 0.2) is 5.69 Å². The molecule has 1 aromatic heterocycles. The van der Waals surface area contributed by atoms with Crippen LogP contribution in [0.1, 0.15) is 29.0 Å². The molecule has 1 aliphatic heterocycles. The first kappa shape index (κ1) is 15.1. The average molecular weight is 321 g/mol. The summed E-state index contributed by atoms with van der Waals surface area (Å²) in [7, 11) is -4.85. The first-order valence-electron chi connectivity index (χ1n) is 5.97. The Morgan fingerprint density at radius 2 is 2.05 bits per heavy atom. The molecule has 0 atom stereocenters. The monoisotopic (exact) mass is 321 g/mol. The molecule has 0 radical (unpaired) electrons. The van der Waals surface area contributed by atoms with Gasteiger partial charge in [0.25, 0.3) is 0 Å². The van der Waals surface area contributed by atoms with Gasteiger partial charge in [-0.3, -0.25) is 9.31 Å². The average Bonchev–Trinajstić information content (AvgIpc) is 2.75. The fourth-order valence-corrected chi connectivity index (χ4v) is 5.01. The van der Waals surface area contributed by atoms with Crippen LogP contribution < -0.4 is 4.72 Å². The molecule has 10 heteroatoms. The van der Waals surface area contributed by atoms with Crippen molar-refractivity contribution in [1.29, 1.82) is 0 Å². The predicted molar refractivity (Wildman–Crippen MR) is 71.5 cm³/mol. The first-order valence-corrected chi connectivity index (χ1v) is 8.94. The second-order valence-corrected chi connectivity index (χ2v) is 7.92. The number of carboxylic acid groups (broad SMARTS) is 1. The number of aromatic carboxylic acids is 1. The lowest BCUT2D eigenvalue weighted by Gasteiger charge is -2.22. The number of aryl methyl sites for hydroxylation is 1. The van der Waals surface area contributed by atoms with Crippen molar-refractivity contribution in [3.05, 3.63) is 11.4 Å². The molecule has 112 valence electrons. The molecular weight excluding hydrogens is 306 g/mol. The van der Waals surface area contributed by atoms with Crippen molar-refractivity contribution in [2.45, 2.75) is 30.7 Å². The summed E-state index contributed by atoms with van der Waals surface area (Å²) in [4.78, 5) is 10.7. The van der Waals surface area contributed by atoms with Crippen LogP contribution in [-0.2, 0) is 20.8 Å². The van der Waals surface area contributed by atoms with Crippen molar-refractivity contribution < 1.29 is 22.5 Å². The van der Waals surface area contributed by atoms with Gasteiger partial charge in [-0.15, -0.1) is 0 Å². The third-order valence-electron chi connectivity index (χ3n) is 3.07. The normalized spacial score (nSPS) is 23.6. The van der Waals surface area contributed by atoms with E-state index in [9.17, 15) is 17.4 Å². The lowest BCUT2D eigenvalue weighted by atomic mass is 10.2. The fraction of sp³-hybridized carbons (Fsp3) is 0.600. The molecular formula is C10H15N3O5S2. The van der Waals surface area contributed by atoms with Crippen LogP contribution >= 0.6 is 0 Å². The van der Waals surface area contributed by atoms with E-state index in [0.29, 0.717) is 24.3 Å². The van der Waals surface area contributed by atoms with Crippen LogP contribution in [0.5, 0.6) is 0 Å². The number of aromatic nitrogens is 2. The highest BCUT2D eigenvalue weighted by atomic mass is 32.2. The Kier molecular flexibility index (Phi) is 4.25. The maximum Gasteiger partial charge on any atom is 0.357 e. The van der Waals surface area contributed by atoms with Crippen LogP contribution in [0.3, 0.4) is 0 Å². The Morgan fingerprint density at radius 3 is 2.60 bits per heavy atom. The lowest BCUT2D eigenvalue weighted by molar-refractivity contribution is 0.0686. The summed E-state index contributed by atoms with van der Waals surface area (Å²) in [6.07, 6.45) is 0.955. The SMILES string of the molecule is Cc1[nH]nc(C(=O)O)c1S(=O)(=O)NC1CCS(=O)CC1. The molecule has 1 fully saturated rings. The summed E-state index contributed by atoms with van der Waals surface area (Å²) in [6.45, 7) is 1.45. The molecule has 1 saturated heterocycles. The molecule has 8 nitrogen and oxygen atoms in total. The van der Waals surface area contributed by atoms with Crippen molar-refractivity contribution in [2.75, 3.05) is 11.5 Å². The third kappa shape index (κ3) is 3.07. The van der Waals surface area contributed by atoms with Gasteiger partial charge in [-0.1, -0.05) is 0 Å². The summed E-state index contributed by atoms with van der Waals surface area (Å²) in [5, 5.41) is 14.8. The quantitative estimate of drug-likeness (QED) is 0.692. The van der Waals surface area contributed by atoms with Crippen LogP contribution in [0.25, 0.3) is 0 Å². The van der Waals surface area contributed by atoms with Crippen LogP contribution in [0.4, 0.5) is 0 Å². The van der Waals surface area contributed by atoms with E-state index in [-0.39, 0.29) is 16.6 Å². The largest absolute Gasteiger partial charge is 0.476 e. The predicted octanol–water partition coefficient (Wildman–Crippen LogP) is -0.394. The minimum atomic E-state index is -3.96. The smallest absolute Gasteiger partial charge is 0.357 e. The highest BCUT2D eigenvalue weighted by Gasteiger charge is 2.31. The fourth-order valence-electron chi connectivity index (χ4n) is 2.08. The number of H-pyrrole nitrogens is 1. The van der Waals surface area contributed by atoms with Gasteiger partial charge >= 0.3 is 5.97 Å². The Labute approximate surface area is 118 Å². The van der Waals surface area contributed by atoms with E-state index in [0.717, 1.165) is 0 Å². The van der Waals surface area contributed by atoms with E-state index in [1.54, 1.807) is 0 Å². The zero-order valence-electron chi connectivity index (χ0n) is 10.7. The van der Waals surface area contributed by atoms with Gasteiger partial charge in [-0.2, -0.15) is 5.10 Å². The van der Waals surface area contributed by atoms with Crippen LogP contribution in [0.2, 0.25) is 0 Å². The number of sulfonamides is 1. The minimum absolute atomic E-state index is 0.175. The molecule has 0 amide bonds. The number of aromatic amines is 1.